The molecule has 0 saturated carbocycles. The van der Waals surface area contributed by atoms with Crippen LogP contribution in [0.1, 0.15) is 0 Å². The molecule has 0 aliphatic heterocycles. The highest BCUT2D eigenvalue weighted by Crippen LogP contribution is 2.32. The molecule has 0 bridgehead atoms. The van der Waals surface area contributed by atoms with Gasteiger partial charge >= 0.3 is 0 Å². The van der Waals surface area contributed by atoms with E-state index in [9.17, 15) is 0 Å². The Morgan fingerprint density at radius 2 is 1.44 bits per heavy atom. The van der Waals surface area contributed by atoms with E-state index < -0.39 is 0 Å². The van der Waals surface area contributed by atoms with E-state index >= 15 is 0 Å². The number of hydrogen-bond acceptors (Lipinski definition) is 1. The Kier molecular flexibility index (Phi) is 4.41. The summed E-state index contributed by atoms with van der Waals surface area (Å²) >= 11 is 15.8. The molecule has 2 aromatic rings. The Balaban J connectivity index is 2.20. The number of rotatable bonds is 2. The molecular weight excluding hydrogens is 374 g/mol. The summed E-state index contributed by atoms with van der Waals surface area (Å²) in [6.07, 6.45) is 0. The monoisotopic (exact) mass is 380 g/mol. The minimum Gasteiger partial charge on any atom is -0.0900 e. The highest BCUT2D eigenvalue weighted by Gasteiger charge is 2.01. The quantitative estimate of drug-likeness (QED) is 0.597. The lowest BCUT2D eigenvalue weighted by Crippen LogP contribution is -1.76. The molecule has 0 unspecified atom stereocenters. The van der Waals surface area contributed by atoms with Gasteiger partial charge in [-0.15, -0.1) is 0 Å². The van der Waals surface area contributed by atoms with Crippen LogP contribution in [-0.2, 0) is 0 Å². The molecule has 0 saturated heterocycles. The van der Waals surface area contributed by atoms with Gasteiger partial charge in [0.05, 0.1) is 10.0 Å². The first-order valence-corrected chi connectivity index (χ1v) is 7.19. The van der Waals surface area contributed by atoms with Crippen molar-refractivity contribution in [2.75, 3.05) is 0 Å². The van der Waals surface area contributed by atoms with Gasteiger partial charge in [-0.1, -0.05) is 35.0 Å². The van der Waals surface area contributed by atoms with Crippen molar-refractivity contribution in [3.8, 4) is 0 Å². The molecule has 0 aliphatic carbocycles. The average Bonchev–Trinajstić information content (AvgIpc) is 2.27. The third-order valence-electron chi connectivity index (χ3n) is 1.94. The Hall–Kier alpha value is 0.1000. The first-order chi connectivity index (χ1) is 7.65. The van der Waals surface area contributed by atoms with E-state index in [-0.39, 0.29) is 0 Å². The zero-order chi connectivity index (χ0) is 11.5. The minimum absolute atomic E-state index is 0.591. The standard InChI is InChI=1S/C12H7Cl2IS/c13-11-6-5-10(7-12(11)14)16-9-3-1-8(15)2-4-9/h1-7H. The van der Waals surface area contributed by atoms with Gasteiger partial charge in [-0.25, -0.2) is 0 Å². The third-order valence-corrected chi connectivity index (χ3v) is 4.40. The van der Waals surface area contributed by atoms with Crippen molar-refractivity contribution in [2.45, 2.75) is 9.79 Å². The van der Waals surface area contributed by atoms with E-state index in [0.717, 1.165) is 4.90 Å². The van der Waals surface area contributed by atoms with Crippen LogP contribution in [-0.4, -0.2) is 0 Å². The van der Waals surface area contributed by atoms with Crippen molar-refractivity contribution in [2.24, 2.45) is 0 Å². The molecule has 0 amide bonds. The third kappa shape index (κ3) is 3.29. The molecule has 16 heavy (non-hydrogen) atoms. The van der Waals surface area contributed by atoms with Crippen LogP contribution in [0.3, 0.4) is 0 Å². The molecular formula is C12H7Cl2IS. The molecule has 0 nitrogen and oxygen atoms in total. The summed E-state index contributed by atoms with van der Waals surface area (Å²) in [6.45, 7) is 0. The Labute approximate surface area is 122 Å². The van der Waals surface area contributed by atoms with E-state index in [1.54, 1.807) is 11.8 Å². The van der Waals surface area contributed by atoms with E-state index in [0.29, 0.717) is 10.0 Å². The second-order valence-electron chi connectivity index (χ2n) is 3.13. The molecule has 4 heteroatoms. The summed E-state index contributed by atoms with van der Waals surface area (Å²) in [7, 11) is 0. The molecule has 0 aliphatic rings. The van der Waals surface area contributed by atoms with Crippen LogP contribution in [0.15, 0.2) is 52.3 Å². The second kappa shape index (κ2) is 5.63. The summed E-state index contributed by atoms with van der Waals surface area (Å²) in [6, 6.07) is 14.0. The van der Waals surface area contributed by atoms with Crippen molar-refractivity contribution in [1.29, 1.82) is 0 Å². The molecule has 82 valence electrons. The van der Waals surface area contributed by atoms with Gasteiger partial charge in [0.2, 0.25) is 0 Å². The molecule has 2 aromatic carbocycles. The molecule has 0 radical (unpaired) electrons. The van der Waals surface area contributed by atoms with Crippen molar-refractivity contribution in [1.82, 2.24) is 0 Å². The fourth-order valence-electron chi connectivity index (χ4n) is 1.18. The Morgan fingerprint density at radius 1 is 0.812 bits per heavy atom. The fraction of sp³-hybridized carbons (Fsp3) is 0. The molecule has 2 rings (SSSR count). The predicted molar refractivity (Wildman–Crippen MR) is 79.7 cm³/mol. The topological polar surface area (TPSA) is 0 Å². The Morgan fingerprint density at radius 3 is 2.06 bits per heavy atom. The van der Waals surface area contributed by atoms with Crippen LogP contribution in [0.2, 0.25) is 10.0 Å². The summed E-state index contributed by atoms with van der Waals surface area (Å²) in [5, 5.41) is 1.19. The molecule has 0 heterocycles. The van der Waals surface area contributed by atoms with Crippen molar-refractivity contribution in [3.63, 3.8) is 0 Å². The first-order valence-electron chi connectivity index (χ1n) is 4.53. The van der Waals surface area contributed by atoms with Gasteiger partial charge < -0.3 is 0 Å². The van der Waals surface area contributed by atoms with Crippen LogP contribution in [0, 0.1) is 3.57 Å². The second-order valence-corrected chi connectivity index (χ2v) is 6.34. The van der Waals surface area contributed by atoms with Crippen molar-refractivity contribution in [3.05, 3.63) is 56.1 Å². The van der Waals surface area contributed by atoms with Crippen LogP contribution >= 0.6 is 57.6 Å². The van der Waals surface area contributed by atoms with Crippen molar-refractivity contribution >= 4 is 57.6 Å². The molecule has 0 fully saturated rings. The zero-order valence-corrected chi connectivity index (χ0v) is 12.6. The summed E-state index contributed by atoms with van der Waals surface area (Å²) in [4.78, 5) is 2.29. The van der Waals surface area contributed by atoms with Crippen LogP contribution in [0.5, 0.6) is 0 Å². The van der Waals surface area contributed by atoms with E-state index in [4.69, 9.17) is 23.2 Å². The van der Waals surface area contributed by atoms with Gasteiger partial charge in [0.25, 0.3) is 0 Å². The van der Waals surface area contributed by atoms with Gasteiger partial charge in [0.15, 0.2) is 0 Å². The van der Waals surface area contributed by atoms with Gasteiger partial charge in [-0.05, 0) is 65.1 Å². The number of benzene rings is 2. The fourth-order valence-corrected chi connectivity index (χ4v) is 2.76. The lowest BCUT2D eigenvalue weighted by Gasteiger charge is -2.03. The molecule has 0 atom stereocenters. The maximum absolute atomic E-state index is 5.96. The van der Waals surface area contributed by atoms with E-state index in [1.807, 2.05) is 18.2 Å². The Bertz CT molecular complexity index is 497. The average molecular weight is 381 g/mol. The lowest BCUT2D eigenvalue weighted by molar-refractivity contribution is 1.40. The summed E-state index contributed by atoms with van der Waals surface area (Å²) in [5.74, 6) is 0. The largest absolute Gasteiger partial charge is 0.0900 e. The maximum atomic E-state index is 5.96. The van der Waals surface area contributed by atoms with Crippen LogP contribution in [0.25, 0.3) is 0 Å². The lowest BCUT2D eigenvalue weighted by atomic mass is 10.4. The van der Waals surface area contributed by atoms with Crippen LogP contribution < -0.4 is 0 Å². The van der Waals surface area contributed by atoms with Gasteiger partial charge in [0.1, 0.15) is 0 Å². The highest BCUT2D eigenvalue weighted by atomic mass is 127. The first kappa shape index (κ1) is 12.6. The van der Waals surface area contributed by atoms with Gasteiger partial charge in [-0.3, -0.25) is 0 Å². The van der Waals surface area contributed by atoms with E-state index in [1.165, 1.54) is 8.47 Å². The van der Waals surface area contributed by atoms with Crippen molar-refractivity contribution < 1.29 is 0 Å². The van der Waals surface area contributed by atoms with Gasteiger partial charge in [-0.2, -0.15) is 0 Å². The summed E-state index contributed by atoms with van der Waals surface area (Å²) in [5.41, 5.74) is 0. The smallest absolute Gasteiger partial charge is 0.0603 e. The van der Waals surface area contributed by atoms with Crippen LogP contribution in [0.4, 0.5) is 0 Å². The summed E-state index contributed by atoms with van der Waals surface area (Å²) < 4.78 is 1.23. The zero-order valence-electron chi connectivity index (χ0n) is 8.08. The van der Waals surface area contributed by atoms with E-state index in [2.05, 4.69) is 46.9 Å². The number of hydrogen-bond donors (Lipinski definition) is 0. The SMILES string of the molecule is Clc1ccc(Sc2ccc(I)cc2)cc1Cl. The molecule has 0 aromatic heterocycles. The molecule has 0 N–H and O–H groups in total. The maximum Gasteiger partial charge on any atom is 0.0603 e. The number of halogens is 3. The molecule has 0 spiro atoms. The highest BCUT2D eigenvalue weighted by molar-refractivity contribution is 14.1. The van der Waals surface area contributed by atoms with Gasteiger partial charge in [0, 0.05) is 13.4 Å². The normalized spacial score (nSPS) is 10.4. The predicted octanol–water partition coefficient (Wildman–Crippen LogP) is 5.75. The minimum atomic E-state index is 0.591.